The summed E-state index contributed by atoms with van der Waals surface area (Å²) in [5.74, 6) is 0.700. The van der Waals surface area contributed by atoms with Crippen molar-refractivity contribution in [2.45, 2.75) is 39.2 Å². The van der Waals surface area contributed by atoms with Crippen molar-refractivity contribution in [1.29, 1.82) is 0 Å². The zero-order valence-electron chi connectivity index (χ0n) is 12.5. The van der Waals surface area contributed by atoms with Crippen LogP contribution >= 0.6 is 15.9 Å². The molecule has 1 aromatic carbocycles. The third-order valence-corrected chi connectivity index (χ3v) is 5.40. The molecule has 2 nitrogen and oxygen atoms in total. The van der Waals surface area contributed by atoms with E-state index in [0.29, 0.717) is 5.92 Å². The van der Waals surface area contributed by atoms with Crippen LogP contribution in [0.1, 0.15) is 32.3 Å². The monoisotopic (exact) mass is 324 g/mol. The van der Waals surface area contributed by atoms with Gasteiger partial charge in [0, 0.05) is 22.2 Å². The number of hydrogen-bond donors (Lipinski definition) is 1. The van der Waals surface area contributed by atoms with E-state index in [1.54, 1.807) is 0 Å². The van der Waals surface area contributed by atoms with Crippen LogP contribution in [0.3, 0.4) is 0 Å². The van der Waals surface area contributed by atoms with Gasteiger partial charge in [0.25, 0.3) is 0 Å². The maximum atomic E-state index is 3.66. The molecule has 106 valence electrons. The molecule has 1 unspecified atom stereocenters. The van der Waals surface area contributed by atoms with Gasteiger partial charge in [0.2, 0.25) is 0 Å². The number of rotatable bonds is 3. The minimum Gasteiger partial charge on any atom is -0.366 e. The molecule has 1 saturated heterocycles. The number of piperidine rings is 1. The lowest BCUT2D eigenvalue weighted by Crippen LogP contribution is -2.55. The number of anilines is 1. The molecule has 0 saturated carbocycles. The van der Waals surface area contributed by atoms with Gasteiger partial charge in [0.1, 0.15) is 0 Å². The quantitative estimate of drug-likeness (QED) is 0.904. The highest BCUT2D eigenvalue weighted by Crippen LogP contribution is 2.37. The van der Waals surface area contributed by atoms with Gasteiger partial charge < -0.3 is 10.2 Å². The van der Waals surface area contributed by atoms with E-state index in [1.165, 1.54) is 28.6 Å². The topological polar surface area (TPSA) is 15.3 Å². The first-order valence-electron chi connectivity index (χ1n) is 7.15. The molecular formula is C16H25BrN2. The Balaban J connectivity index is 2.29. The Morgan fingerprint density at radius 2 is 2.16 bits per heavy atom. The molecule has 0 bridgehead atoms. The number of benzene rings is 1. The van der Waals surface area contributed by atoms with Crippen LogP contribution in [0.2, 0.25) is 0 Å². The second-order valence-corrected chi connectivity index (χ2v) is 6.99. The van der Waals surface area contributed by atoms with E-state index in [2.05, 4.69) is 72.2 Å². The summed E-state index contributed by atoms with van der Waals surface area (Å²) < 4.78 is 1.21. The summed E-state index contributed by atoms with van der Waals surface area (Å²) in [6, 6.07) is 6.72. The van der Waals surface area contributed by atoms with Crippen LogP contribution in [0, 0.1) is 12.8 Å². The molecule has 1 aliphatic rings. The van der Waals surface area contributed by atoms with Crippen molar-refractivity contribution in [1.82, 2.24) is 5.32 Å². The van der Waals surface area contributed by atoms with Crippen molar-refractivity contribution >= 4 is 21.6 Å². The normalized spacial score (nSPS) is 22.6. The summed E-state index contributed by atoms with van der Waals surface area (Å²) in [6.07, 6.45) is 2.60. The SMILES string of the molecule is CNCC1CCCN(c2ccc(C)c(Br)c2)C1(C)C. The van der Waals surface area contributed by atoms with E-state index in [-0.39, 0.29) is 5.54 Å². The molecule has 1 atom stereocenters. The van der Waals surface area contributed by atoms with Gasteiger partial charge in [0.15, 0.2) is 0 Å². The molecule has 1 fully saturated rings. The minimum atomic E-state index is 0.204. The fourth-order valence-electron chi connectivity index (χ4n) is 3.17. The third kappa shape index (κ3) is 2.97. The maximum absolute atomic E-state index is 3.66. The van der Waals surface area contributed by atoms with Crippen LogP contribution in [0.4, 0.5) is 5.69 Å². The van der Waals surface area contributed by atoms with Crippen LogP contribution in [0.5, 0.6) is 0 Å². The zero-order valence-corrected chi connectivity index (χ0v) is 14.0. The Bertz CT molecular complexity index is 440. The molecule has 3 heteroatoms. The van der Waals surface area contributed by atoms with Gasteiger partial charge in [-0.3, -0.25) is 0 Å². The Labute approximate surface area is 125 Å². The van der Waals surface area contributed by atoms with Crippen LogP contribution in [0.15, 0.2) is 22.7 Å². The van der Waals surface area contributed by atoms with Gasteiger partial charge in [0.05, 0.1) is 0 Å². The maximum Gasteiger partial charge on any atom is 0.0386 e. The van der Waals surface area contributed by atoms with Crippen molar-refractivity contribution in [2.75, 3.05) is 25.0 Å². The first-order valence-corrected chi connectivity index (χ1v) is 7.94. The summed E-state index contributed by atoms with van der Waals surface area (Å²) in [6.45, 7) is 9.14. The fourth-order valence-corrected chi connectivity index (χ4v) is 3.53. The molecule has 1 N–H and O–H groups in total. The average Bonchev–Trinajstić information content (AvgIpc) is 2.35. The Kier molecular flexibility index (Phi) is 4.57. The fraction of sp³-hybridized carbons (Fsp3) is 0.625. The molecule has 1 heterocycles. The molecule has 0 spiro atoms. The summed E-state index contributed by atoms with van der Waals surface area (Å²) >= 11 is 3.66. The second kappa shape index (κ2) is 5.84. The van der Waals surface area contributed by atoms with E-state index in [9.17, 15) is 0 Å². The molecule has 1 aromatic rings. The average molecular weight is 325 g/mol. The van der Waals surface area contributed by atoms with Crippen LogP contribution in [0.25, 0.3) is 0 Å². The predicted octanol–water partition coefficient (Wildman–Crippen LogP) is 3.97. The van der Waals surface area contributed by atoms with Crippen molar-refractivity contribution in [3.8, 4) is 0 Å². The molecule has 1 aliphatic heterocycles. The first kappa shape index (κ1) is 14.9. The van der Waals surface area contributed by atoms with Crippen molar-refractivity contribution in [2.24, 2.45) is 5.92 Å². The van der Waals surface area contributed by atoms with Crippen LogP contribution < -0.4 is 10.2 Å². The standard InChI is InChI=1S/C16H25BrN2/c1-12-7-8-14(10-15(12)17)19-9-5-6-13(11-18-4)16(19,2)3/h7-8,10,13,18H,5-6,9,11H2,1-4H3. The Morgan fingerprint density at radius 1 is 1.42 bits per heavy atom. The number of nitrogens with zero attached hydrogens (tertiary/aromatic N) is 1. The second-order valence-electron chi connectivity index (χ2n) is 6.14. The lowest BCUT2D eigenvalue weighted by atomic mass is 9.78. The zero-order chi connectivity index (χ0) is 14.0. The minimum absolute atomic E-state index is 0.204. The Hall–Kier alpha value is -0.540. The smallest absolute Gasteiger partial charge is 0.0386 e. The molecule has 19 heavy (non-hydrogen) atoms. The van der Waals surface area contributed by atoms with Crippen LogP contribution in [-0.2, 0) is 0 Å². The highest BCUT2D eigenvalue weighted by Gasteiger charge is 2.38. The summed E-state index contributed by atoms with van der Waals surface area (Å²) in [7, 11) is 2.05. The van der Waals surface area contributed by atoms with Crippen molar-refractivity contribution in [3.63, 3.8) is 0 Å². The van der Waals surface area contributed by atoms with Crippen LogP contribution in [-0.4, -0.2) is 25.7 Å². The van der Waals surface area contributed by atoms with Gasteiger partial charge >= 0.3 is 0 Å². The van der Waals surface area contributed by atoms with E-state index >= 15 is 0 Å². The van der Waals surface area contributed by atoms with E-state index in [0.717, 1.165) is 13.1 Å². The molecule has 0 aliphatic carbocycles. The highest BCUT2D eigenvalue weighted by molar-refractivity contribution is 9.10. The predicted molar refractivity (Wildman–Crippen MR) is 87.0 cm³/mol. The Morgan fingerprint density at radius 3 is 2.79 bits per heavy atom. The van der Waals surface area contributed by atoms with Gasteiger partial charge in [-0.2, -0.15) is 0 Å². The van der Waals surface area contributed by atoms with Gasteiger partial charge in [-0.1, -0.05) is 22.0 Å². The van der Waals surface area contributed by atoms with Gasteiger partial charge in [-0.05, 0) is 70.8 Å². The number of nitrogens with one attached hydrogen (secondary N) is 1. The highest BCUT2D eigenvalue weighted by atomic mass is 79.9. The summed E-state index contributed by atoms with van der Waals surface area (Å²) in [5.41, 5.74) is 2.84. The van der Waals surface area contributed by atoms with Crippen molar-refractivity contribution < 1.29 is 0 Å². The van der Waals surface area contributed by atoms with E-state index < -0.39 is 0 Å². The number of aryl methyl sites for hydroxylation is 1. The van der Waals surface area contributed by atoms with E-state index in [4.69, 9.17) is 0 Å². The largest absolute Gasteiger partial charge is 0.366 e. The molecule has 0 radical (unpaired) electrons. The van der Waals surface area contributed by atoms with Crippen molar-refractivity contribution in [3.05, 3.63) is 28.2 Å². The van der Waals surface area contributed by atoms with E-state index in [1.807, 2.05) is 0 Å². The number of hydrogen-bond acceptors (Lipinski definition) is 2. The first-order chi connectivity index (χ1) is 8.96. The number of halogens is 1. The summed E-state index contributed by atoms with van der Waals surface area (Å²) in [4.78, 5) is 2.57. The summed E-state index contributed by atoms with van der Waals surface area (Å²) in [5, 5.41) is 3.35. The molecule has 0 amide bonds. The third-order valence-electron chi connectivity index (χ3n) is 4.55. The lowest BCUT2D eigenvalue weighted by molar-refractivity contribution is 0.234. The van der Waals surface area contributed by atoms with Gasteiger partial charge in [-0.25, -0.2) is 0 Å². The van der Waals surface area contributed by atoms with Gasteiger partial charge in [-0.15, -0.1) is 0 Å². The molecule has 2 rings (SSSR count). The molecule has 0 aromatic heterocycles. The molecular weight excluding hydrogens is 300 g/mol. The lowest BCUT2D eigenvalue weighted by Gasteiger charge is -2.49.